The number of nitrogens with one attached hydrogen (secondary N) is 4. The number of urea groups is 1. The van der Waals surface area contributed by atoms with Crippen molar-refractivity contribution in [3.63, 3.8) is 0 Å². The molecule has 0 saturated heterocycles. The third-order valence-corrected chi connectivity index (χ3v) is 8.56. The van der Waals surface area contributed by atoms with Gasteiger partial charge in [0.15, 0.2) is 0 Å². The Balaban J connectivity index is 0.00000209. The molecule has 2 aromatic carbocycles. The number of amides is 2. The van der Waals surface area contributed by atoms with Crippen LogP contribution in [-0.2, 0) is 4.79 Å². The number of pyridine rings is 1. The zero-order chi connectivity index (χ0) is 36.5. The van der Waals surface area contributed by atoms with Gasteiger partial charge in [0.1, 0.15) is 29.0 Å². The van der Waals surface area contributed by atoms with Gasteiger partial charge in [0, 0.05) is 17.2 Å². The highest BCUT2D eigenvalue weighted by molar-refractivity contribution is 6.05. The normalized spacial score (nSPS) is 16.5. The van der Waals surface area contributed by atoms with Crippen LogP contribution in [0.15, 0.2) is 83.6 Å². The van der Waals surface area contributed by atoms with Crippen molar-refractivity contribution in [2.45, 2.75) is 72.1 Å². The predicted octanol–water partition coefficient (Wildman–Crippen LogP) is 6.02. The molecule has 0 aliphatic heterocycles. The number of nitrogens with zero attached hydrogens (tertiary/aromatic N) is 3. The van der Waals surface area contributed by atoms with Gasteiger partial charge in [0.25, 0.3) is 6.47 Å². The number of benzene rings is 2. The summed E-state index contributed by atoms with van der Waals surface area (Å²) in [5.74, 6) is 1.20. The van der Waals surface area contributed by atoms with Gasteiger partial charge in [-0.3, -0.25) is 30.4 Å². The number of rotatable bonds is 7. The first-order chi connectivity index (χ1) is 23.0. The highest BCUT2D eigenvalue weighted by Crippen LogP contribution is 2.38. The number of hydrogen-bond acceptors (Lipinski definition) is 8. The predicted molar refractivity (Wildman–Crippen MR) is 193 cm³/mol. The second-order valence-electron chi connectivity index (χ2n) is 13.7. The first kappa shape index (κ1) is 38.2. The Morgan fingerprint density at radius 1 is 1.04 bits per heavy atom. The van der Waals surface area contributed by atoms with E-state index in [-0.39, 0.29) is 41.4 Å². The highest BCUT2D eigenvalue weighted by Gasteiger charge is 2.31. The summed E-state index contributed by atoms with van der Waals surface area (Å²) in [6.45, 7) is 11.7. The minimum atomic E-state index is -0.588. The summed E-state index contributed by atoms with van der Waals surface area (Å²) < 4.78 is 8.04. The maximum Gasteiger partial charge on any atom is 0.320 e. The second kappa shape index (κ2) is 16.2. The van der Waals surface area contributed by atoms with Crippen LogP contribution in [0.4, 0.5) is 10.5 Å². The first-order valence-corrected chi connectivity index (χ1v) is 16.1. The number of allylic oxidation sites excluding steroid dienone is 1. The average molecular weight is 671 g/mol. The molecular formula is C37H50N8O4. The van der Waals surface area contributed by atoms with Gasteiger partial charge >= 0.3 is 6.03 Å². The molecule has 0 saturated carbocycles. The number of aryl methyl sites for hydroxylation is 1. The van der Waals surface area contributed by atoms with E-state index in [0.717, 1.165) is 16.7 Å². The van der Waals surface area contributed by atoms with Crippen molar-refractivity contribution in [3.05, 3.63) is 101 Å². The molecule has 2 atom stereocenters. The Labute approximate surface area is 288 Å². The molecule has 0 radical (unpaired) electrons. The number of aromatic nitrogens is 1. The molecule has 7 N–H and O–H groups in total. The average Bonchev–Trinajstić information content (AvgIpc) is 3.03. The smallest absolute Gasteiger partial charge is 0.320 e. The number of likely N-dealkylation sites (N-methyl/N-ethyl adjacent to an activating group) is 1. The van der Waals surface area contributed by atoms with Gasteiger partial charge in [0.2, 0.25) is 0 Å². The van der Waals surface area contributed by atoms with Gasteiger partial charge < -0.3 is 20.9 Å². The molecule has 2 amide bonds. The lowest BCUT2D eigenvalue weighted by Gasteiger charge is -2.34. The van der Waals surface area contributed by atoms with Gasteiger partial charge in [-0.05, 0) is 83.1 Å². The van der Waals surface area contributed by atoms with Crippen LogP contribution >= 0.6 is 0 Å². The quantitative estimate of drug-likeness (QED) is 0.102. The van der Waals surface area contributed by atoms with Crippen molar-refractivity contribution in [3.8, 4) is 5.75 Å². The lowest BCUT2D eigenvalue weighted by atomic mass is 9.85. The molecule has 1 aliphatic rings. The number of aliphatic imine (C=N–C) groups is 1. The maximum atomic E-state index is 13.4. The van der Waals surface area contributed by atoms with Crippen molar-refractivity contribution < 1.29 is 19.4 Å². The SMILES string of the molecule is Cc1ccc(N=C(/C=C(\N)C(C)(C)C)NC(=O)N[C@H]2CC[C@@H](Oc3ccc(=N)n(C(=N)C(C)(C)N(C)C)c3)c3ccccc32)cc1.O=CO. The zero-order valence-electron chi connectivity index (χ0n) is 29.7. The largest absolute Gasteiger partial charge is 0.484 e. The molecular weight excluding hydrogens is 620 g/mol. The van der Waals surface area contributed by atoms with Crippen LogP contribution in [0.5, 0.6) is 5.75 Å². The minimum absolute atomic E-state index is 0.205. The van der Waals surface area contributed by atoms with Crippen molar-refractivity contribution >= 4 is 29.9 Å². The van der Waals surface area contributed by atoms with E-state index in [2.05, 4.69) is 15.6 Å². The summed E-state index contributed by atoms with van der Waals surface area (Å²) in [6.07, 6.45) is 4.48. The van der Waals surface area contributed by atoms with Crippen LogP contribution in [-0.4, -0.2) is 58.4 Å². The Morgan fingerprint density at radius 2 is 1.65 bits per heavy atom. The van der Waals surface area contributed by atoms with Gasteiger partial charge in [-0.25, -0.2) is 9.79 Å². The van der Waals surface area contributed by atoms with Crippen LogP contribution in [0, 0.1) is 23.2 Å². The molecule has 0 unspecified atom stereocenters. The fourth-order valence-corrected chi connectivity index (χ4v) is 4.96. The number of carbonyl (C=O) groups is 2. The fraction of sp³-hybridized carbons (Fsp3) is 0.378. The van der Waals surface area contributed by atoms with Crippen molar-refractivity contribution in [1.29, 1.82) is 10.8 Å². The van der Waals surface area contributed by atoms with Crippen LogP contribution in [0.3, 0.4) is 0 Å². The van der Waals surface area contributed by atoms with E-state index in [9.17, 15) is 4.79 Å². The summed E-state index contributed by atoms with van der Waals surface area (Å²) in [4.78, 5) is 28.4. The number of hydrogen-bond donors (Lipinski definition) is 6. The summed E-state index contributed by atoms with van der Waals surface area (Å²) in [5.41, 5.74) is 10.1. The standard InChI is InChI=1S/C36H48N8O2.CH2O2/c1-23-13-15-24(16-14-23)40-32(21-30(37)35(2,3)4)42-34(45)41-28-18-19-29(27-12-10-9-11-26(27)28)46-25-17-20-31(38)44(22-25)33(39)36(5,6)43(7)8;2-1-3/h9-17,20-22,28-29,38-39H,18-19,37H2,1-8H3,(H2,40,41,42,45);1H,(H,2,3)/b30-21-,38-31?,39-33?;/t28-,29+;/m0./s1. The van der Waals surface area contributed by atoms with Crippen LogP contribution in [0.2, 0.25) is 0 Å². The van der Waals surface area contributed by atoms with E-state index in [4.69, 9.17) is 31.2 Å². The van der Waals surface area contributed by atoms with E-state index < -0.39 is 5.54 Å². The summed E-state index contributed by atoms with van der Waals surface area (Å²) in [7, 11) is 3.83. The molecule has 1 heterocycles. The zero-order valence-corrected chi connectivity index (χ0v) is 29.7. The van der Waals surface area contributed by atoms with Crippen molar-refractivity contribution in [2.24, 2.45) is 16.1 Å². The van der Waals surface area contributed by atoms with Crippen molar-refractivity contribution in [1.82, 2.24) is 20.1 Å². The molecule has 1 aliphatic carbocycles. The fourth-order valence-electron chi connectivity index (χ4n) is 4.96. The van der Waals surface area contributed by atoms with E-state index >= 15 is 0 Å². The van der Waals surface area contributed by atoms with E-state index in [1.165, 1.54) is 0 Å². The topological polar surface area (TPSA) is 182 Å². The minimum Gasteiger partial charge on any atom is -0.484 e. The number of amidine groups is 1. The Morgan fingerprint density at radius 3 is 2.24 bits per heavy atom. The molecule has 1 aromatic heterocycles. The molecule has 0 bridgehead atoms. The van der Waals surface area contributed by atoms with Crippen LogP contribution < -0.4 is 26.6 Å². The Kier molecular flexibility index (Phi) is 12.7. The Hall–Kier alpha value is -5.23. The molecule has 0 spiro atoms. The number of carbonyl (C=O) groups excluding carboxylic acids is 1. The van der Waals surface area contributed by atoms with E-state index in [0.29, 0.717) is 35.8 Å². The van der Waals surface area contributed by atoms with Gasteiger partial charge in [-0.2, -0.15) is 0 Å². The number of nitrogens with two attached hydrogens (primary N) is 1. The van der Waals surface area contributed by atoms with E-state index in [1.807, 2.05) is 109 Å². The van der Waals surface area contributed by atoms with E-state index in [1.54, 1.807) is 29.0 Å². The summed E-state index contributed by atoms with van der Waals surface area (Å²) in [5, 5.41) is 30.2. The number of carboxylic acid groups (broad SMARTS) is 1. The molecule has 3 aromatic rings. The van der Waals surface area contributed by atoms with Gasteiger partial charge in [-0.1, -0.05) is 62.7 Å². The van der Waals surface area contributed by atoms with Gasteiger partial charge in [0.05, 0.1) is 23.5 Å². The lowest BCUT2D eigenvalue weighted by molar-refractivity contribution is -0.122. The number of fused-ring (bicyclic) bond motifs is 1. The van der Waals surface area contributed by atoms with Crippen LogP contribution in [0.1, 0.15) is 76.3 Å². The maximum absolute atomic E-state index is 13.4. The third-order valence-electron chi connectivity index (χ3n) is 8.56. The molecule has 262 valence electrons. The lowest BCUT2D eigenvalue weighted by Crippen LogP contribution is -2.50. The molecule has 0 fully saturated rings. The highest BCUT2D eigenvalue weighted by atomic mass is 16.5. The monoisotopic (exact) mass is 670 g/mol. The second-order valence-corrected chi connectivity index (χ2v) is 13.7. The Bertz CT molecular complexity index is 1750. The molecule has 4 rings (SSSR count). The third kappa shape index (κ3) is 10.1. The van der Waals surface area contributed by atoms with Crippen LogP contribution in [0.25, 0.3) is 0 Å². The number of ether oxygens (including phenoxy) is 1. The molecule has 12 nitrogen and oxygen atoms in total. The summed E-state index contributed by atoms with van der Waals surface area (Å²) >= 11 is 0. The molecule has 49 heavy (non-hydrogen) atoms. The summed E-state index contributed by atoms with van der Waals surface area (Å²) in [6, 6.07) is 18.5. The molecule has 12 heteroatoms. The first-order valence-electron chi connectivity index (χ1n) is 16.1. The van der Waals surface area contributed by atoms with Crippen molar-refractivity contribution in [2.75, 3.05) is 14.1 Å². The van der Waals surface area contributed by atoms with Gasteiger partial charge in [-0.15, -0.1) is 0 Å².